The van der Waals surface area contributed by atoms with Gasteiger partial charge in [-0.05, 0) is 49.8 Å². The molecule has 3 N–H and O–H groups in total. The predicted molar refractivity (Wildman–Crippen MR) is 79.1 cm³/mol. The number of likely N-dealkylation sites (tertiary alicyclic amines) is 1. The highest BCUT2D eigenvalue weighted by atomic mass is 32.1. The molecule has 0 aliphatic carbocycles. The Bertz CT molecular complexity index is 410. The van der Waals surface area contributed by atoms with Crippen LogP contribution in [0.25, 0.3) is 0 Å². The molecule has 19 heavy (non-hydrogen) atoms. The van der Waals surface area contributed by atoms with Gasteiger partial charge in [-0.3, -0.25) is 4.79 Å². The summed E-state index contributed by atoms with van der Waals surface area (Å²) in [6.07, 6.45) is 2.25. The zero-order valence-corrected chi connectivity index (χ0v) is 12.5. The van der Waals surface area contributed by atoms with Crippen molar-refractivity contribution in [1.82, 2.24) is 10.2 Å². The van der Waals surface area contributed by atoms with Gasteiger partial charge in [0.2, 0.25) is 5.91 Å². The predicted octanol–water partition coefficient (Wildman–Crippen LogP) is 1.60. The second kappa shape index (κ2) is 6.03. The third kappa shape index (κ3) is 3.78. The van der Waals surface area contributed by atoms with Crippen molar-refractivity contribution in [3.8, 4) is 0 Å². The van der Waals surface area contributed by atoms with E-state index in [1.165, 1.54) is 11.3 Å². The Balaban J connectivity index is 1.83. The average Bonchev–Trinajstić information content (AvgIpc) is 2.93. The molecule has 1 saturated heterocycles. The summed E-state index contributed by atoms with van der Waals surface area (Å²) in [5.74, 6) is -0.0670. The van der Waals surface area contributed by atoms with Gasteiger partial charge in [-0.2, -0.15) is 0 Å². The number of piperidine rings is 1. The van der Waals surface area contributed by atoms with Crippen molar-refractivity contribution < 1.29 is 4.79 Å². The Kier molecular flexibility index (Phi) is 4.60. The van der Waals surface area contributed by atoms with Crippen molar-refractivity contribution in [3.05, 3.63) is 22.4 Å². The summed E-state index contributed by atoms with van der Waals surface area (Å²) in [4.78, 5) is 15.3. The van der Waals surface area contributed by atoms with Crippen LogP contribution >= 0.6 is 11.3 Å². The van der Waals surface area contributed by atoms with Crippen molar-refractivity contribution in [3.63, 3.8) is 0 Å². The summed E-state index contributed by atoms with van der Waals surface area (Å²) in [7, 11) is 2.14. The smallest absolute Gasteiger partial charge is 0.242 e. The lowest BCUT2D eigenvalue weighted by atomic mass is 9.80. The zero-order valence-electron chi connectivity index (χ0n) is 11.7. The molecule has 1 amide bonds. The van der Waals surface area contributed by atoms with Crippen LogP contribution in [-0.4, -0.2) is 37.5 Å². The molecular weight excluding hydrogens is 258 g/mol. The monoisotopic (exact) mass is 281 g/mol. The van der Waals surface area contributed by atoms with Gasteiger partial charge < -0.3 is 16.0 Å². The van der Waals surface area contributed by atoms with E-state index >= 15 is 0 Å². The highest BCUT2D eigenvalue weighted by molar-refractivity contribution is 7.10. The van der Waals surface area contributed by atoms with Crippen LogP contribution in [0.15, 0.2) is 17.5 Å². The number of hydrogen-bond donors (Lipinski definition) is 2. The molecule has 0 spiro atoms. The van der Waals surface area contributed by atoms with Crippen LogP contribution in [0.1, 0.15) is 30.7 Å². The van der Waals surface area contributed by atoms with Crippen LogP contribution in [0.3, 0.4) is 0 Å². The van der Waals surface area contributed by atoms with E-state index < -0.39 is 6.04 Å². The molecule has 1 atom stereocenters. The van der Waals surface area contributed by atoms with Gasteiger partial charge in [0.05, 0.1) is 0 Å². The number of nitrogens with one attached hydrogen (secondary N) is 1. The quantitative estimate of drug-likeness (QED) is 0.881. The molecule has 1 aromatic heterocycles. The molecule has 2 rings (SSSR count). The van der Waals surface area contributed by atoms with E-state index in [0.29, 0.717) is 0 Å². The van der Waals surface area contributed by atoms with Gasteiger partial charge in [0.15, 0.2) is 0 Å². The highest BCUT2D eigenvalue weighted by Gasteiger charge is 2.30. The maximum Gasteiger partial charge on any atom is 0.242 e. The lowest BCUT2D eigenvalue weighted by molar-refractivity contribution is -0.123. The molecule has 0 saturated carbocycles. The first kappa shape index (κ1) is 14.5. The number of rotatable bonds is 4. The van der Waals surface area contributed by atoms with Crippen molar-refractivity contribution in [2.45, 2.75) is 25.8 Å². The minimum atomic E-state index is -0.533. The van der Waals surface area contributed by atoms with Crippen molar-refractivity contribution >= 4 is 17.2 Å². The molecule has 1 unspecified atom stereocenters. The molecule has 0 aromatic carbocycles. The van der Waals surface area contributed by atoms with Gasteiger partial charge in [-0.25, -0.2) is 0 Å². The molecule has 4 nitrogen and oxygen atoms in total. The van der Waals surface area contributed by atoms with E-state index in [2.05, 4.69) is 24.2 Å². The number of nitrogens with two attached hydrogens (primary N) is 1. The van der Waals surface area contributed by atoms with Gasteiger partial charge >= 0.3 is 0 Å². The summed E-state index contributed by atoms with van der Waals surface area (Å²) < 4.78 is 0. The van der Waals surface area contributed by atoms with Gasteiger partial charge in [-0.15, -0.1) is 11.3 Å². The molecular formula is C14H23N3OS. The number of hydrogen-bond acceptors (Lipinski definition) is 4. The van der Waals surface area contributed by atoms with Crippen LogP contribution in [0.5, 0.6) is 0 Å². The standard InChI is InChI=1S/C14H23N3OS/c1-14(5-7-17(2)8-6-14)10-16-13(18)12(15)11-4-3-9-19-11/h3-4,9,12H,5-8,10,15H2,1-2H3,(H,16,18). The molecule has 106 valence electrons. The van der Waals surface area contributed by atoms with E-state index in [1.807, 2.05) is 17.5 Å². The number of carbonyl (C=O) groups is 1. The zero-order chi connectivity index (χ0) is 13.9. The average molecular weight is 281 g/mol. The minimum Gasteiger partial charge on any atom is -0.354 e. The van der Waals surface area contributed by atoms with Crippen molar-refractivity contribution in [2.75, 3.05) is 26.7 Å². The van der Waals surface area contributed by atoms with Crippen LogP contribution in [0.4, 0.5) is 0 Å². The molecule has 1 aliphatic heterocycles. The first-order valence-electron chi connectivity index (χ1n) is 6.75. The van der Waals surface area contributed by atoms with E-state index in [1.54, 1.807) is 0 Å². The Morgan fingerprint density at radius 3 is 2.84 bits per heavy atom. The van der Waals surface area contributed by atoms with Crippen LogP contribution in [0.2, 0.25) is 0 Å². The summed E-state index contributed by atoms with van der Waals surface area (Å²) in [5, 5.41) is 4.97. The van der Waals surface area contributed by atoms with Crippen LogP contribution in [-0.2, 0) is 4.79 Å². The summed E-state index contributed by atoms with van der Waals surface area (Å²) in [5.41, 5.74) is 6.16. The fraction of sp³-hybridized carbons (Fsp3) is 0.643. The Hall–Kier alpha value is -0.910. The number of nitrogens with zero attached hydrogens (tertiary/aromatic N) is 1. The molecule has 2 heterocycles. The number of carbonyl (C=O) groups excluding carboxylic acids is 1. The third-order valence-electron chi connectivity index (χ3n) is 4.02. The maximum atomic E-state index is 12.1. The number of thiophene rings is 1. The first-order chi connectivity index (χ1) is 9.00. The fourth-order valence-corrected chi connectivity index (χ4v) is 3.07. The fourth-order valence-electron chi connectivity index (χ4n) is 2.34. The van der Waals surface area contributed by atoms with Gasteiger partial charge in [0.1, 0.15) is 6.04 Å². The summed E-state index contributed by atoms with van der Waals surface area (Å²) in [6, 6.07) is 3.30. The normalized spacial score (nSPS) is 21.0. The van der Waals surface area contributed by atoms with E-state index in [4.69, 9.17) is 5.73 Å². The Morgan fingerprint density at radius 2 is 2.26 bits per heavy atom. The number of amides is 1. The Morgan fingerprint density at radius 1 is 1.58 bits per heavy atom. The van der Waals surface area contributed by atoms with Gasteiger partial charge in [0, 0.05) is 11.4 Å². The van der Waals surface area contributed by atoms with Crippen LogP contribution < -0.4 is 11.1 Å². The molecule has 5 heteroatoms. The van der Waals surface area contributed by atoms with Crippen molar-refractivity contribution in [2.24, 2.45) is 11.1 Å². The SMILES string of the molecule is CN1CCC(C)(CNC(=O)C(N)c2cccs2)CC1. The minimum absolute atomic E-state index is 0.0670. The third-order valence-corrected chi connectivity index (χ3v) is 4.97. The topological polar surface area (TPSA) is 58.4 Å². The molecule has 1 aliphatic rings. The lowest BCUT2D eigenvalue weighted by Gasteiger charge is -2.38. The van der Waals surface area contributed by atoms with E-state index in [9.17, 15) is 4.79 Å². The van der Waals surface area contributed by atoms with Crippen molar-refractivity contribution in [1.29, 1.82) is 0 Å². The molecule has 0 radical (unpaired) electrons. The van der Waals surface area contributed by atoms with Gasteiger partial charge in [-0.1, -0.05) is 13.0 Å². The first-order valence-corrected chi connectivity index (χ1v) is 7.63. The molecule has 1 fully saturated rings. The van der Waals surface area contributed by atoms with Gasteiger partial charge in [0.25, 0.3) is 0 Å². The highest BCUT2D eigenvalue weighted by Crippen LogP contribution is 2.29. The maximum absolute atomic E-state index is 12.1. The summed E-state index contributed by atoms with van der Waals surface area (Å²) in [6.45, 7) is 5.17. The van der Waals surface area contributed by atoms with Crippen LogP contribution in [0, 0.1) is 5.41 Å². The lowest BCUT2D eigenvalue weighted by Crippen LogP contribution is -2.45. The largest absolute Gasteiger partial charge is 0.354 e. The van der Waals surface area contributed by atoms with E-state index in [-0.39, 0.29) is 11.3 Å². The second-order valence-corrected chi connectivity index (χ2v) is 6.80. The Labute approximate surface area is 119 Å². The molecule has 0 bridgehead atoms. The molecule has 1 aromatic rings. The summed E-state index contributed by atoms with van der Waals surface area (Å²) >= 11 is 1.53. The van der Waals surface area contributed by atoms with E-state index in [0.717, 1.165) is 37.4 Å². The second-order valence-electron chi connectivity index (χ2n) is 5.82.